The van der Waals surface area contributed by atoms with Crippen molar-refractivity contribution < 1.29 is 19.1 Å². The minimum atomic E-state index is -0.576. The molecule has 0 aliphatic heterocycles. The highest BCUT2D eigenvalue weighted by Crippen LogP contribution is 2.25. The molecule has 158 valence electrons. The number of halogens is 1. The minimum absolute atomic E-state index is 0. The van der Waals surface area contributed by atoms with Crippen LogP contribution >= 0.6 is 12.4 Å². The molecule has 0 saturated heterocycles. The van der Waals surface area contributed by atoms with Crippen molar-refractivity contribution in [3.8, 4) is 11.5 Å². The summed E-state index contributed by atoms with van der Waals surface area (Å²) in [6.45, 7) is 3.85. The minimum Gasteiger partial charge on any atom is -0.493 e. The van der Waals surface area contributed by atoms with Crippen molar-refractivity contribution >= 4 is 35.6 Å². The maximum Gasteiger partial charge on any atom is 0.262 e. The van der Waals surface area contributed by atoms with Gasteiger partial charge in [0.1, 0.15) is 0 Å². The van der Waals surface area contributed by atoms with Crippen molar-refractivity contribution in [2.45, 2.75) is 26.3 Å². The van der Waals surface area contributed by atoms with Gasteiger partial charge in [-0.1, -0.05) is 32.0 Å². The van der Waals surface area contributed by atoms with E-state index in [1.807, 2.05) is 19.9 Å². The standard InChI is InChI=1S/C21H27N3O4.ClH/c1-14(2)11-17(22)21(26)24-16-8-6-7-15(12-16)23-20(25)13-28-19-10-5-4-9-18(19)27-3;/h4-10,12,14,17H,11,13,22H2,1-3H3,(H,23,25)(H,24,26);1H/t17-;/m0./s1. The van der Waals surface area contributed by atoms with E-state index in [-0.39, 0.29) is 30.8 Å². The number of anilines is 2. The monoisotopic (exact) mass is 421 g/mol. The molecule has 0 heterocycles. The molecule has 2 aromatic rings. The molecule has 29 heavy (non-hydrogen) atoms. The second-order valence-corrected chi connectivity index (χ2v) is 6.79. The summed E-state index contributed by atoms with van der Waals surface area (Å²) in [4.78, 5) is 24.3. The summed E-state index contributed by atoms with van der Waals surface area (Å²) >= 11 is 0. The van der Waals surface area contributed by atoms with Crippen molar-refractivity contribution in [3.63, 3.8) is 0 Å². The van der Waals surface area contributed by atoms with Crippen LogP contribution in [0.3, 0.4) is 0 Å². The van der Waals surface area contributed by atoms with Crippen LogP contribution in [0.15, 0.2) is 48.5 Å². The number of nitrogens with one attached hydrogen (secondary N) is 2. The van der Waals surface area contributed by atoms with Gasteiger partial charge in [-0.05, 0) is 42.7 Å². The van der Waals surface area contributed by atoms with Crippen LogP contribution in [0, 0.1) is 5.92 Å². The number of methoxy groups -OCH3 is 1. The summed E-state index contributed by atoms with van der Waals surface area (Å²) in [6.07, 6.45) is 0.600. The largest absolute Gasteiger partial charge is 0.493 e. The molecule has 0 unspecified atom stereocenters. The quantitative estimate of drug-likeness (QED) is 0.575. The fraction of sp³-hybridized carbons (Fsp3) is 0.333. The molecule has 2 rings (SSSR count). The van der Waals surface area contributed by atoms with Gasteiger partial charge in [0.15, 0.2) is 18.1 Å². The Morgan fingerprint density at radius 1 is 1.00 bits per heavy atom. The smallest absolute Gasteiger partial charge is 0.262 e. The van der Waals surface area contributed by atoms with E-state index in [1.165, 1.54) is 7.11 Å². The van der Waals surface area contributed by atoms with Crippen LogP contribution < -0.4 is 25.8 Å². The summed E-state index contributed by atoms with van der Waals surface area (Å²) in [6, 6.07) is 13.4. The Bertz CT molecular complexity index is 814. The molecular formula is C21H28ClN3O4. The van der Waals surface area contributed by atoms with Gasteiger partial charge in [-0.2, -0.15) is 0 Å². The fourth-order valence-electron chi connectivity index (χ4n) is 2.60. The summed E-state index contributed by atoms with van der Waals surface area (Å²) in [5, 5.41) is 5.51. The molecule has 0 fully saturated rings. The van der Waals surface area contributed by atoms with Gasteiger partial charge in [0, 0.05) is 11.4 Å². The first-order valence-corrected chi connectivity index (χ1v) is 9.11. The van der Waals surface area contributed by atoms with Crippen molar-refractivity contribution in [1.82, 2.24) is 0 Å². The van der Waals surface area contributed by atoms with E-state index in [0.717, 1.165) is 0 Å². The van der Waals surface area contributed by atoms with Crippen LogP contribution in [-0.2, 0) is 9.59 Å². The van der Waals surface area contributed by atoms with E-state index < -0.39 is 6.04 Å². The second-order valence-electron chi connectivity index (χ2n) is 6.79. The van der Waals surface area contributed by atoms with Crippen molar-refractivity contribution in [2.24, 2.45) is 11.7 Å². The number of hydrogen-bond acceptors (Lipinski definition) is 5. The number of rotatable bonds is 9. The molecule has 0 saturated carbocycles. The zero-order chi connectivity index (χ0) is 20.5. The number of hydrogen-bond donors (Lipinski definition) is 3. The third kappa shape index (κ3) is 8.01. The molecular weight excluding hydrogens is 394 g/mol. The average molecular weight is 422 g/mol. The third-order valence-electron chi connectivity index (χ3n) is 3.90. The average Bonchev–Trinajstić information content (AvgIpc) is 2.66. The van der Waals surface area contributed by atoms with Crippen LogP contribution in [0.5, 0.6) is 11.5 Å². The van der Waals surface area contributed by atoms with Gasteiger partial charge >= 0.3 is 0 Å². The lowest BCUT2D eigenvalue weighted by Gasteiger charge is -2.15. The van der Waals surface area contributed by atoms with E-state index >= 15 is 0 Å². The van der Waals surface area contributed by atoms with E-state index in [1.54, 1.807) is 42.5 Å². The van der Waals surface area contributed by atoms with Gasteiger partial charge in [-0.25, -0.2) is 0 Å². The van der Waals surface area contributed by atoms with Gasteiger partial charge in [0.25, 0.3) is 5.91 Å². The number of benzene rings is 2. The van der Waals surface area contributed by atoms with E-state index in [2.05, 4.69) is 10.6 Å². The van der Waals surface area contributed by atoms with E-state index in [9.17, 15) is 9.59 Å². The number of carbonyl (C=O) groups is 2. The molecule has 4 N–H and O–H groups in total. The topological polar surface area (TPSA) is 103 Å². The summed E-state index contributed by atoms with van der Waals surface area (Å²) in [5.41, 5.74) is 7.00. The number of amides is 2. The van der Waals surface area contributed by atoms with Crippen LogP contribution in [0.1, 0.15) is 20.3 Å². The Labute approximate surface area is 177 Å². The van der Waals surface area contributed by atoms with Gasteiger partial charge in [-0.3, -0.25) is 9.59 Å². The maximum absolute atomic E-state index is 12.2. The number of carbonyl (C=O) groups excluding carboxylic acids is 2. The van der Waals surface area contributed by atoms with Crippen molar-refractivity contribution in [2.75, 3.05) is 24.4 Å². The summed E-state index contributed by atoms with van der Waals surface area (Å²) in [7, 11) is 1.54. The fourth-order valence-corrected chi connectivity index (χ4v) is 2.60. The lowest BCUT2D eigenvalue weighted by Crippen LogP contribution is -2.36. The lowest BCUT2D eigenvalue weighted by molar-refractivity contribution is -0.118. The first-order valence-electron chi connectivity index (χ1n) is 9.11. The van der Waals surface area contributed by atoms with Crippen LogP contribution in [0.4, 0.5) is 11.4 Å². The van der Waals surface area contributed by atoms with Crippen molar-refractivity contribution in [1.29, 1.82) is 0 Å². The normalized spacial score (nSPS) is 11.2. The second kappa shape index (κ2) is 11.9. The Balaban J connectivity index is 0.00000420. The zero-order valence-corrected chi connectivity index (χ0v) is 17.6. The van der Waals surface area contributed by atoms with Gasteiger partial charge in [-0.15, -0.1) is 12.4 Å². The van der Waals surface area contributed by atoms with E-state index in [0.29, 0.717) is 35.2 Å². The molecule has 2 aromatic carbocycles. The van der Waals surface area contributed by atoms with Crippen LogP contribution in [0.2, 0.25) is 0 Å². The maximum atomic E-state index is 12.2. The highest BCUT2D eigenvalue weighted by molar-refractivity contribution is 5.96. The summed E-state index contributed by atoms with van der Waals surface area (Å²) < 4.78 is 10.7. The Morgan fingerprint density at radius 2 is 1.62 bits per heavy atom. The molecule has 2 amide bonds. The summed E-state index contributed by atoms with van der Waals surface area (Å²) in [5.74, 6) is 0.787. The van der Waals surface area contributed by atoms with E-state index in [4.69, 9.17) is 15.2 Å². The highest BCUT2D eigenvalue weighted by atomic mass is 35.5. The SMILES string of the molecule is COc1ccccc1OCC(=O)Nc1cccc(NC(=O)[C@@H](N)CC(C)C)c1.Cl. The molecule has 0 radical (unpaired) electrons. The molecule has 0 aromatic heterocycles. The molecule has 8 heteroatoms. The Kier molecular flexibility index (Phi) is 9.99. The molecule has 0 spiro atoms. The Hall–Kier alpha value is -2.77. The molecule has 0 aliphatic carbocycles. The van der Waals surface area contributed by atoms with Gasteiger partial charge in [0.05, 0.1) is 13.2 Å². The first kappa shape index (κ1) is 24.3. The predicted molar refractivity (Wildman–Crippen MR) is 117 cm³/mol. The van der Waals surface area contributed by atoms with Gasteiger partial charge in [0.2, 0.25) is 5.91 Å². The van der Waals surface area contributed by atoms with Crippen LogP contribution in [-0.4, -0.2) is 31.6 Å². The predicted octanol–water partition coefficient (Wildman–Crippen LogP) is 3.45. The molecule has 1 atom stereocenters. The number of para-hydroxylation sites is 2. The number of ether oxygens (including phenoxy) is 2. The van der Waals surface area contributed by atoms with Crippen molar-refractivity contribution in [3.05, 3.63) is 48.5 Å². The first-order chi connectivity index (χ1) is 13.4. The number of nitrogens with two attached hydrogens (primary N) is 1. The molecule has 0 bridgehead atoms. The molecule has 0 aliphatic rings. The molecule has 7 nitrogen and oxygen atoms in total. The zero-order valence-electron chi connectivity index (χ0n) is 16.8. The lowest BCUT2D eigenvalue weighted by atomic mass is 10.0. The highest BCUT2D eigenvalue weighted by Gasteiger charge is 2.15. The van der Waals surface area contributed by atoms with Crippen LogP contribution in [0.25, 0.3) is 0 Å². The third-order valence-corrected chi connectivity index (χ3v) is 3.90. The Morgan fingerprint density at radius 3 is 2.24 bits per heavy atom. The van der Waals surface area contributed by atoms with Gasteiger partial charge < -0.3 is 25.8 Å².